The second-order valence-electron chi connectivity index (χ2n) is 16.0. The monoisotopic (exact) mass is 936 g/mol. The van der Waals surface area contributed by atoms with Gasteiger partial charge in [-0.2, -0.15) is 10.2 Å². The number of methoxy groups -OCH3 is 2. The zero-order chi connectivity index (χ0) is 47.3. The molecule has 2 heterocycles. The zero-order valence-electron chi connectivity index (χ0n) is 37.4. The van der Waals surface area contributed by atoms with Gasteiger partial charge in [-0.05, 0) is 39.2 Å². The summed E-state index contributed by atoms with van der Waals surface area (Å²) in [6.45, 7) is 9.27. The number of amides is 1. The number of hydrogen-bond acceptors (Lipinski definition) is 14. The smallest absolute Gasteiger partial charge is 0.476 e. The molecule has 0 radical (unpaired) electrons. The second kappa shape index (κ2) is 22.3. The van der Waals surface area contributed by atoms with Gasteiger partial charge in [0, 0.05) is 24.2 Å². The van der Waals surface area contributed by atoms with Gasteiger partial charge in [-0.15, -0.1) is 0 Å². The molecule has 0 aliphatic carbocycles. The molecule has 346 valence electrons. The molecule has 2 unspecified atom stereocenters. The molecule has 6 rings (SSSR count). The van der Waals surface area contributed by atoms with Crippen molar-refractivity contribution in [1.29, 1.82) is 5.26 Å². The Hall–Kier alpha value is -6.22. The molecule has 1 amide bonds. The van der Waals surface area contributed by atoms with Gasteiger partial charge < -0.3 is 23.4 Å². The number of ketones is 1. The standard InChI is InChI=1S/C48H53N4O12PSi/c1-7-27-59-47(55)51-42-24-26-52(46(54)50-42)43-32-40(41(62-43)33-61-66(48(2,3)4,38-20-13-9-14-21-38)39-22-15-10-16-23-39)63-65(56,60-28-17-25-49)64-45(44(53)34-18-11-8-12-19-34)35-29-36(57-5)31-37(30-35)58-6/h7-16,18-24,26,29-31,40-41,43,45H,1,17,27-28,32-33H2,2-6H3,(H,50,51,54,55)/t40-,41+,43+,45?,65?/m0/s1. The van der Waals surface area contributed by atoms with Crippen molar-refractivity contribution in [3.8, 4) is 17.6 Å². The number of hydrogen-bond donors (Lipinski definition) is 1. The molecule has 18 heteroatoms. The number of phosphoric acid groups is 1. The summed E-state index contributed by atoms with van der Waals surface area (Å²) in [4.78, 5) is 44.3. The summed E-state index contributed by atoms with van der Waals surface area (Å²) in [6.07, 6.45) is -3.31. The molecule has 1 fully saturated rings. The van der Waals surface area contributed by atoms with Crippen molar-refractivity contribution in [3.63, 3.8) is 0 Å². The van der Waals surface area contributed by atoms with Crippen LogP contribution >= 0.6 is 7.82 Å². The number of Topliss-reactive ketones (excluding diaryl/α,β-unsaturated/α-hetero) is 1. The lowest BCUT2D eigenvalue weighted by Crippen LogP contribution is -2.67. The van der Waals surface area contributed by atoms with E-state index in [0.29, 0.717) is 11.5 Å². The van der Waals surface area contributed by atoms with Crippen molar-refractivity contribution in [1.82, 2.24) is 9.55 Å². The summed E-state index contributed by atoms with van der Waals surface area (Å²) in [5, 5.41) is 13.4. The molecule has 16 nitrogen and oxygen atoms in total. The Morgan fingerprint density at radius 1 is 0.970 bits per heavy atom. The average Bonchev–Trinajstić information content (AvgIpc) is 3.71. The van der Waals surface area contributed by atoms with Crippen molar-refractivity contribution in [3.05, 3.63) is 156 Å². The number of benzene rings is 4. The summed E-state index contributed by atoms with van der Waals surface area (Å²) in [7, 11) is -5.24. The highest BCUT2D eigenvalue weighted by Crippen LogP contribution is 2.57. The van der Waals surface area contributed by atoms with Crippen LogP contribution in [0.5, 0.6) is 11.5 Å². The molecular formula is C48H53N4O12PSi. The van der Waals surface area contributed by atoms with Gasteiger partial charge in [-0.1, -0.05) is 124 Å². The van der Waals surface area contributed by atoms with Gasteiger partial charge in [0.05, 0.1) is 39.9 Å². The third-order valence-corrected chi connectivity index (χ3v) is 17.2. The minimum Gasteiger partial charge on any atom is -0.497 e. The number of rotatable bonds is 21. The van der Waals surface area contributed by atoms with Crippen LogP contribution < -0.4 is 30.9 Å². The maximum atomic E-state index is 15.3. The Labute approximate surface area is 384 Å². The van der Waals surface area contributed by atoms with E-state index in [0.717, 1.165) is 10.4 Å². The van der Waals surface area contributed by atoms with Crippen LogP contribution in [0.1, 0.15) is 61.9 Å². The van der Waals surface area contributed by atoms with E-state index in [4.69, 9.17) is 36.9 Å². The predicted octanol–water partition coefficient (Wildman–Crippen LogP) is 7.92. The highest BCUT2D eigenvalue weighted by Gasteiger charge is 2.52. The molecule has 1 aliphatic rings. The van der Waals surface area contributed by atoms with Crippen LogP contribution in [0.15, 0.2) is 139 Å². The number of ether oxygens (including phenoxy) is 4. The van der Waals surface area contributed by atoms with Crippen LogP contribution in [0.4, 0.5) is 10.6 Å². The fourth-order valence-electron chi connectivity index (χ4n) is 7.66. The predicted molar refractivity (Wildman–Crippen MR) is 249 cm³/mol. The first-order valence-electron chi connectivity index (χ1n) is 21.1. The topological polar surface area (TPSA) is 196 Å². The van der Waals surface area contributed by atoms with E-state index in [-0.39, 0.29) is 43.0 Å². The van der Waals surface area contributed by atoms with E-state index >= 15 is 4.57 Å². The maximum absolute atomic E-state index is 15.3. The summed E-state index contributed by atoms with van der Waals surface area (Å²) < 4.78 is 65.0. The molecule has 0 bridgehead atoms. The number of aromatic nitrogens is 2. The minimum atomic E-state index is -4.90. The summed E-state index contributed by atoms with van der Waals surface area (Å²) in [6, 6.07) is 36.2. The first kappa shape index (κ1) is 49.2. The van der Waals surface area contributed by atoms with Crippen molar-refractivity contribution in [2.45, 2.75) is 63.2 Å². The number of carbonyl (C=O) groups is 2. The quantitative estimate of drug-likeness (QED) is 0.0245. The van der Waals surface area contributed by atoms with Gasteiger partial charge in [0.1, 0.15) is 42.4 Å². The van der Waals surface area contributed by atoms with E-state index in [1.807, 2.05) is 66.7 Å². The van der Waals surface area contributed by atoms with Crippen LogP contribution in [-0.2, 0) is 32.0 Å². The molecule has 66 heavy (non-hydrogen) atoms. The molecule has 1 aliphatic heterocycles. The van der Waals surface area contributed by atoms with Crippen LogP contribution in [0.3, 0.4) is 0 Å². The molecule has 0 spiro atoms. The Kier molecular flexibility index (Phi) is 16.6. The van der Waals surface area contributed by atoms with Crippen LogP contribution in [0, 0.1) is 11.3 Å². The van der Waals surface area contributed by atoms with Crippen molar-refractivity contribution >= 4 is 44.2 Å². The minimum absolute atomic E-state index is 0.0553. The van der Waals surface area contributed by atoms with Crippen LogP contribution in [0.2, 0.25) is 5.04 Å². The number of carbonyl (C=O) groups excluding carboxylic acids is 2. The number of nitrogens with one attached hydrogen (secondary N) is 1. The molecular weight excluding hydrogens is 884 g/mol. The molecule has 1 N–H and O–H groups in total. The molecule has 0 saturated carbocycles. The van der Waals surface area contributed by atoms with E-state index in [9.17, 15) is 19.6 Å². The molecule has 1 aromatic heterocycles. The Morgan fingerprint density at radius 3 is 2.12 bits per heavy atom. The summed E-state index contributed by atoms with van der Waals surface area (Å²) in [5.41, 5.74) is -0.355. The molecule has 5 aromatic rings. The number of anilines is 1. The zero-order valence-corrected chi connectivity index (χ0v) is 39.3. The van der Waals surface area contributed by atoms with Crippen molar-refractivity contribution in [2.75, 3.05) is 39.4 Å². The lowest BCUT2D eigenvalue weighted by Gasteiger charge is -2.43. The van der Waals surface area contributed by atoms with Gasteiger partial charge in [0.2, 0.25) is 0 Å². The lowest BCUT2D eigenvalue weighted by atomic mass is 9.99. The van der Waals surface area contributed by atoms with E-state index < -0.39 is 69.9 Å². The van der Waals surface area contributed by atoms with Crippen LogP contribution in [0.25, 0.3) is 0 Å². The molecule has 1 saturated heterocycles. The highest BCUT2D eigenvalue weighted by atomic mass is 31.2. The maximum Gasteiger partial charge on any atom is 0.476 e. The van der Waals surface area contributed by atoms with Gasteiger partial charge in [0.15, 0.2) is 11.9 Å². The Morgan fingerprint density at radius 2 is 1.58 bits per heavy atom. The second-order valence-corrected chi connectivity index (χ2v) is 21.9. The third kappa shape index (κ3) is 11.8. The van der Waals surface area contributed by atoms with E-state index in [1.54, 1.807) is 48.5 Å². The van der Waals surface area contributed by atoms with E-state index in [2.05, 4.69) is 37.7 Å². The Bertz CT molecular complexity index is 2530. The number of nitriles is 1. The summed E-state index contributed by atoms with van der Waals surface area (Å²) >= 11 is 0. The number of nitrogens with zero attached hydrogens (tertiary/aromatic N) is 3. The average molecular weight is 937 g/mol. The van der Waals surface area contributed by atoms with E-state index in [1.165, 1.54) is 37.1 Å². The number of phosphoric ester groups is 1. The largest absolute Gasteiger partial charge is 0.497 e. The first-order chi connectivity index (χ1) is 31.7. The fourth-order valence-corrected chi connectivity index (χ4v) is 13.7. The van der Waals surface area contributed by atoms with Gasteiger partial charge in [-0.3, -0.25) is 28.2 Å². The van der Waals surface area contributed by atoms with Crippen LogP contribution in [-0.4, -0.2) is 76.0 Å². The molecule has 5 atom stereocenters. The highest BCUT2D eigenvalue weighted by molar-refractivity contribution is 7.48. The third-order valence-electron chi connectivity index (χ3n) is 10.7. The Balaban J connectivity index is 1.43. The van der Waals surface area contributed by atoms with Crippen molar-refractivity contribution in [2.24, 2.45) is 0 Å². The first-order valence-corrected chi connectivity index (χ1v) is 24.5. The van der Waals surface area contributed by atoms with Gasteiger partial charge in [-0.25, -0.2) is 14.2 Å². The van der Waals surface area contributed by atoms with Gasteiger partial charge >= 0.3 is 19.6 Å². The van der Waals surface area contributed by atoms with Gasteiger partial charge in [0.25, 0.3) is 8.32 Å². The lowest BCUT2D eigenvalue weighted by molar-refractivity contribution is -0.0457. The SMILES string of the molecule is C=CCOC(=O)Nc1ccn([C@H]2C[C@H](OP(=O)(OCCC#N)OC(C(=O)c3ccccc3)c3cc(OC)cc(OC)c3)[C@@H](CO[Si](c3ccccc3)(c3ccccc3)C(C)(C)C)O2)c(=O)n1. The fraction of sp³-hybridized carbons (Fsp3) is 0.312. The normalized spacial score (nSPS) is 17.4. The van der Waals surface area contributed by atoms with Crippen molar-refractivity contribution < 1.29 is 51.1 Å². The summed E-state index contributed by atoms with van der Waals surface area (Å²) in [5.74, 6) is -0.0249. The molecule has 4 aromatic carbocycles.